The molecule has 0 aliphatic rings. The molecule has 146 valence electrons. The van der Waals surface area contributed by atoms with Crippen molar-refractivity contribution in [3.63, 3.8) is 0 Å². The summed E-state index contributed by atoms with van der Waals surface area (Å²) in [5.41, 5.74) is 4.61. The first kappa shape index (κ1) is 17.9. The van der Waals surface area contributed by atoms with Crippen LogP contribution in [-0.4, -0.2) is 20.2 Å². The average molecular weight is 394 g/mol. The lowest BCUT2D eigenvalue weighted by Gasteiger charge is -2.06. The molecule has 0 radical (unpaired) electrons. The molecule has 0 aliphatic heterocycles. The summed E-state index contributed by atoms with van der Waals surface area (Å²) in [6.45, 7) is 0.503. The average Bonchev–Trinajstić information content (AvgIpc) is 3.22. The van der Waals surface area contributed by atoms with Crippen molar-refractivity contribution in [1.82, 2.24) is 20.2 Å². The van der Waals surface area contributed by atoms with E-state index in [9.17, 15) is 4.79 Å². The highest BCUT2D eigenvalue weighted by molar-refractivity contribution is 5.87. The van der Waals surface area contributed by atoms with Crippen molar-refractivity contribution in [2.24, 2.45) is 0 Å². The Morgan fingerprint density at radius 2 is 1.73 bits per heavy atom. The number of benzene rings is 2. The van der Waals surface area contributed by atoms with Crippen LogP contribution >= 0.6 is 0 Å². The fraction of sp³-hybridized carbons (Fsp3) is 0.0417. The third-order valence-electron chi connectivity index (χ3n) is 4.91. The summed E-state index contributed by atoms with van der Waals surface area (Å²) in [5, 5.41) is 7.72. The van der Waals surface area contributed by atoms with Crippen LogP contribution in [0.5, 0.6) is 5.75 Å². The third-order valence-corrected chi connectivity index (χ3v) is 4.91. The fourth-order valence-corrected chi connectivity index (χ4v) is 3.36. The van der Waals surface area contributed by atoms with Gasteiger partial charge >= 0.3 is 0 Å². The summed E-state index contributed by atoms with van der Waals surface area (Å²) >= 11 is 0. The Morgan fingerprint density at radius 1 is 0.900 bits per heavy atom. The fourth-order valence-electron chi connectivity index (χ4n) is 3.36. The number of fused-ring (bicyclic) bond motifs is 1. The normalized spacial score (nSPS) is 10.9. The number of nitrogens with zero attached hydrogens (tertiary/aromatic N) is 2. The van der Waals surface area contributed by atoms with Crippen LogP contribution in [0.15, 0.2) is 90.0 Å². The molecule has 0 atom stereocenters. The quantitative estimate of drug-likeness (QED) is 0.458. The lowest BCUT2D eigenvalue weighted by atomic mass is 10.1. The van der Waals surface area contributed by atoms with Crippen molar-refractivity contribution < 1.29 is 4.74 Å². The molecule has 0 bridgehead atoms. The van der Waals surface area contributed by atoms with Gasteiger partial charge in [-0.1, -0.05) is 30.3 Å². The first-order chi connectivity index (χ1) is 14.8. The van der Waals surface area contributed by atoms with Gasteiger partial charge in [0.2, 0.25) is 0 Å². The largest absolute Gasteiger partial charge is 0.489 e. The third kappa shape index (κ3) is 3.58. The van der Waals surface area contributed by atoms with Crippen molar-refractivity contribution in [1.29, 1.82) is 0 Å². The van der Waals surface area contributed by atoms with Gasteiger partial charge < -0.3 is 9.72 Å². The number of hydrogen-bond donors (Lipinski definition) is 2. The lowest BCUT2D eigenvalue weighted by Crippen LogP contribution is -2.11. The molecule has 0 saturated carbocycles. The predicted molar refractivity (Wildman–Crippen MR) is 116 cm³/mol. The molecule has 0 fully saturated rings. The standard InChI is InChI=1S/C24H18N4O2/c29-24-20(14-22(27-28-24)17-8-10-25-11-9-17)23-13-18-12-19(6-7-21(18)26-23)30-15-16-4-2-1-3-5-16/h1-14,26H,15H2,(H,28,29). The number of aromatic nitrogens is 4. The van der Waals surface area contributed by atoms with Crippen molar-refractivity contribution >= 4 is 10.9 Å². The Bertz CT molecular complexity index is 1360. The van der Waals surface area contributed by atoms with Gasteiger partial charge in [0.25, 0.3) is 5.56 Å². The van der Waals surface area contributed by atoms with Gasteiger partial charge in [-0.15, -0.1) is 0 Å². The van der Waals surface area contributed by atoms with Crippen LogP contribution in [0.3, 0.4) is 0 Å². The Morgan fingerprint density at radius 3 is 2.57 bits per heavy atom. The van der Waals surface area contributed by atoms with Gasteiger partial charge in [-0.2, -0.15) is 5.10 Å². The first-order valence-electron chi connectivity index (χ1n) is 9.56. The maximum absolute atomic E-state index is 12.4. The Labute approximate surface area is 172 Å². The van der Waals surface area contributed by atoms with Gasteiger partial charge in [-0.25, -0.2) is 5.10 Å². The van der Waals surface area contributed by atoms with E-state index in [2.05, 4.69) is 20.2 Å². The molecule has 6 heteroatoms. The molecule has 0 saturated heterocycles. The van der Waals surface area contributed by atoms with E-state index in [0.717, 1.165) is 33.5 Å². The summed E-state index contributed by atoms with van der Waals surface area (Å²) in [7, 11) is 0. The zero-order chi connectivity index (χ0) is 20.3. The number of nitrogens with one attached hydrogen (secondary N) is 2. The summed E-state index contributed by atoms with van der Waals surface area (Å²) in [6.07, 6.45) is 3.39. The van der Waals surface area contributed by atoms with E-state index in [0.29, 0.717) is 17.9 Å². The summed E-state index contributed by atoms with van der Waals surface area (Å²) in [5.74, 6) is 0.776. The molecule has 3 aromatic heterocycles. The number of pyridine rings is 1. The summed E-state index contributed by atoms with van der Waals surface area (Å²) in [4.78, 5) is 19.8. The van der Waals surface area contributed by atoms with Crippen LogP contribution < -0.4 is 10.3 Å². The van der Waals surface area contributed by atoms with Gasteiger partial charge in [0.15, 0.2) is 0 Å². The van der Waals surface area contributed by atoms with Gasteiger partial charge in [-0.05, 0) is 48.0 Å². The number of rotatable bonds is 5. The minimum absolute atomic E-state index is 0.250. The second-order valence-electron chi connectivity index (χ2n) is 6.94. The van der Waals surface area contributed by atoms with Crippen molar-refractivity contribution in [2.45, 2.75) is 6.61 Å². The van der Waals surface area contributed by atoms with Gasteiger partial charge in [0, 0.05) is 28.9 Å². The summed E-state index contributed by atoms with van der Waals surface area (Å²) < 4.78 is 5.92. The Balaban J connectivity index is 1.46. The second-order valence-corrected chi connectivity index (χ2v) is 6.94. The van der Waals surface area contributed by atoms with E-state index in [4.69, 9.17) is 4.74 Å². The minimum atomic E-state index is -0.250. The minimum Gasteiger partial charge on any atom is -0.489 e. The molecular formula is C24H18N4O2. The zero-order valence-corrected chi connectivity index (χ0v) is 16.0. The molecule has 0 amide bonds. The highest BCUT2D eigenvalue weighted by Crippen LogP contribution is 2.27. The van der Waals surface area contributed by atoms with E-state index in [-0.39, 0.29) is 5.56 Å². The SMILES string of the molecule is O=c1[nH]nc(-c2ccncc2)cc1-c1cc2cc(OCc3ccccc3)ccc2[nH]1. The molecule has 6 nitrogen and oxygen atoms in total. The molecule has 0 unspecified atom stereocenters. The number of aromatic amines is 2. The van der Waals surface area contributed by atoms with Crippen LogP contribution in [0.2, 0.25) is 0 Å². The molecule has 5 aromatic rings. The molecule has 2 aromatic carbocycles. The van der Waals surface area contributed by atoms with Gasteiger partial charge in [0.05, 0.1) is 17.0 Å². The van der Waals surface area contributed by atoms with Gasteiger partial charge in [0.1, 0.15) is 12.4 Å². The molecule has 30 heavy (non-hydrogen) atoms. The molecule has 5 rings (SSSR count). The highest BCUT2D eigenvalue weighted by Gasteiger charge is 2.11. The molecular weight excluding hydrogens is 376 g/mol. The lowest BCUT2D eigenvalue weighted by molar-refractivity contribution is 0.306. The predicted octanol–water partition coefficient (Wildman–Crippen LogP) is 4.56. The number of ether oxygens (including phenoxy) is 1. The second kappa shape index (κ2) is 7.67. The summed E-state index contributed by atoms with van der Waals surface area (Å²) in [6, 6.07) is 23.3. The van der Waals surface area contributed by atoms with Crippen LogP contribution in [0.1, 0.15) is 5.56 Å². The Hall–Kier alpha value is -4.19. The zero-order valence-electron chi connectivity index (χ0n) is 16.0. The van der Waals surface area contributed by atoms with E-state index in [1.807, 2.05) is 66.7 Å². The smallest absolute Gasteiger partial charge is 0.273 e. The topological polar surface area (TPSA) is 83.7 Å². The Kier molecular flexibility index (Phi) is 4.57. The van der Waals surface area contributed by atoms with Crippen molar-refractivity contribution in [3.05, 3.63) is 101 Å². The van der Waals surface area contributed by atoms with Gasteiger partial charge in [-0.3, -0.25) is 9.78 Å². The number of H-pyrrole nitrogens is 2. The highest BCUT2D eigenvalue weighted by atomic mass is 16.5. The van der Waals surface area contributed by atoms with E-state index < -0.39 is 0 Å². The monoisotopic (exact) mass is 394 g/mol. The molecule has 0 spiro atoms. The number of hydrogen-bond acceptors (Lipinski definition) is 4. The molecule has 2 N–H and O–H groups in total. The van der Waals surface area contributed by atoms with E-state index >= 15 is 0 Å². The van der Waals surface area contributed by atoms with Crippen LogP contribution in [0.25, 0.3) is 33.4 Å². The van der Waals surface area contributed by atoms with Crippen molar-refractivity contribution in [3.8, 4) is 28.3 Å². The van der Waals surface area contributed by atoms with Crippen molar-refractivity contribution in [2.75, 3.05) is 0 Å². The first-order valence-corrected chi connectivity index (χ1v) is 9.56. The molecule has 0 aliphatic carbocycles. The van der Waals surface area contributed by atoms with E-state index in [1.165, 1.54) is 0 Å². The van der Waals surface area contributed by atoms with E-state index in [1.54, 1.807) is 18.5 Å². The van der Waals surface area contributed by atoms with Crippen LogP contribution in [0.4, 0.5) is 0 Å². The maximum atomic E-state index is 12.4. The van der Waals surface area contributed by atoms with Crippen LogP contribution in [0, 0.1) is 0 Å². The molecule has 3 heterocycles. The maximum Gasteiger partial charge on any atom is 0.273 e. The van der Waals surface area contributed by atoms with Crippen LogP contribution in [-0.2, 0) is 6.61 Å².